The Labute approximate surface area is 126 Å². The number of rotatable bonds is 16. The first kappa shape index (κ1) is 19.9. The number of nitrogens with one attached hydrogen (secondary N) is 1. The molecule has 0 bridgehead atoms. The van der Waals surface area contributed by atoms with Gasteiger partial charge in [-0.1, -0.05) is 65.2 Å². The Morgan fingerprint density at radius 1 is 0.850 bits per heavy atom. The molecule has 0 aromatic heterocycles. The molecule has 20 heavy (non-hydrogen) atoms. The van der Waals surface area contributed by atoms with Gasteiger partial charge < -0.3 is 15.2 Å². The molecule has 0 saturated carbocycles. The van der Waals surface area contributed by atoms with Crippen molar-refractivity contribution in [3.05, 3.63) is 0 Å². The van der Waals surface area contributed by atoms with Crippen LogP contribution in [0.3, 0.4) is 0 Å². The lowest BCUT2D eigenvalue weighted by Gasteiger charge is -2.12. The zero-order valence-electron chi connectivity index (χ0n) is 13.8. The zero-order valence-corrected chi connectivity index (χ0v) is 13.8. The molecule has 3 heteroatoms. The summed E-state index contributed by atoms with van der Waals surface area (Å²) in [7, 11) is 0. The van der Waals surface area contributed by atoms with Gasteiger partial charge in [0.05, 0.1) is 12.7 Å². The van der Waals surface area contributed by atoms with Crippen molar-refractivity contribution in [2.45, 2.75) is 84.2 Å². The maximum Gasteiger partial charge on any atom is 0.0897 e. The predicted molar refractivity (Wildman–Crippen MR) is 87.2 cm³/mol. The van der Waals surface area contributed by atoms with Gasteiger partial charge in [0.25, 0.3) is 0 Å². The Hall–Kier alpha value is -0.120. The van der Waals surface area contributed by atoms with Crippen molar-refractivity contribution in [2.75, 3.05) is 26.3 Å². The minimum atomic E-state index is -0.360. The van der Waals surface area contributed by atoms with E-state index < -0.39 is 0 Å². The fourth-order valence-electron chi connectivity index (χ4n) is 2.21. The van der Waals surface area contributed by atoms with Gasteiger partial charge in [-0.2, -0.15) is 0 Å². The first-order chi connectivity index (χ1) is 9.81. The highest BCUT2D eigenvalue weighted by Gasteiger charge is 2.03. The summed E-state index contributed by atoms with van der Waals surface area (Å²) in [5, 5.41) is 13.0. The van der Waals surface area contributed by atoms with E-state index in [1.165, 1.54) is 57.8 Å². The fraction of sp³-hybridized carbons (Fsp3) is 1.00. The summed E-state index contributed by atoms with van der Waals surface area (Å²) in [5.41, 5.74) is 0. The molecule has 0 rings (SSSR count). The number of hydrogen-bond donors (Lipinski definition) is 2. The summed E-state index contributed by atoms with van der Waals surface area (Å²) >= 11 is 0. The van der Waals surface area contributed by atoms with Crippen LogP contribution in [0, 0.1) is 0 Å². The topological polar surface area (TPSA) is 41.5 Å². The molecule has 0 heterocycles. The predicted octanol–water partition coefficient (Wildman–Crippen LogP) is 3.89. The van der Waals surface area contributed by atoms with Crippen LogP contribution in [0.15, 0.2) is 0 Å². The average Bonchev–Trinajstić information content (AvgIpc) is 2.45. The third kappa shape index (κ3) is 15.9. The summed E-state index contributed by atoms with van der Waals surface area (Å²) in [6.45, 7) is 7.38. The Morgan fingerprint density at radius 2 is 1.45 bits per heavy atom. The number of ether oxygens (including phenoxy) is 1. The zero-order chi connectivity index (χ0) is 14.9. The van der Waals surface area contributed by atoms with E-state index >= 15 is 0 Å². The van der Waals surface area contributed by atoms with Gasteiger partial charge in [-0.05, 0) is 19.4 Å². The van der Waals surface area contributed by atoms with Crippen LogP contribution in [0.2, 0.25) is 0 Å². The van der Waals surface area contributed by atoms with Crippen LogP contribution in [0.25, 0.3) is 0 Å². The Morgan fingerprint density at radius 3 is 2.15 bits per heavy atom. The SMILES string of the molecule is CCCCCCCCNCC(O)COCCCCCC. The molecular weight excluding hydrogens is 250 g/mol. The summed E-state index contributed by atoms with van der Waals surface area (Å²) in [4.78, 5) is 0. The van der Waals surface area contributed by atoms with Crippen molar-refractivity contribution in [2.24, 2.45) is 0 Å². The van der Waals surface area contributed by atoms with Crippen molar-refractivity contribution in [1.29, 1.82) is 0 Å². The molecule has 0 aromatic rings. The van der Waals surface area contributed by atoms with Gasteiger partial charge in [-0.15, -0.1) is 0 Å². The second-order valence-corrected chi connectivity index (χ2v) is 5.76. The van der Waals surface area contributed by atoms with Crippen LogP contribution >= 0.6 is 0 Å². The molecule has 0 radical (unpaired) electrons. The lowest BCUT2D eigenvalue weighted by Crippen LogP contribution is -2.31. The minimum absolute atomic E-state index is 0.360. The van der Waals surface area contributed by atoms with E-state index in [0.29, 0.717) is 13.2 Å². The van der Waals surface area contributed by atoms with Gasteiger partial charge in [-0.3, -0.25) is 0 Å². The van der Waals surface area contributed by atoms with Gasteiger partial charge in [-0.25, -0.2) is 0 Å². The highest BCUT2D eigenvalue weighted by molar-refractivity contribution is 4.58. The summed E-state index contributed by atoms with van der Waals surface area (Å²) in [5.74, 6) is 0. The molecule has 0 aliphatic rings. The highest BCUT2D eigenvalue weighted by atomic mass is 16.5. The highest BCUT2D eigenvalue weighted by Crippen LogP contribution is 2.04. The van der Waals surface area contributed by atoms with Crippen molar-refractivity contribution in [1.82, 2.24) is 5.32 Å². The number of aliphatic hydroxyl groups is 1. The minimum Gasteiger partial charge on any atom is -0.389 e. The molecule has 1 unspecified atom stereocenters. The first-order valence-corrected chi connectivity index (χ1v) is 8.77. The van der Waals surface area contributed by atoms with E-state index in [0.717, 1.165) is 19.6 Å². The van der Waals surface area contributed by atoms with Crippen LogP contribution in [-0.4, -0.2) is 37.5 Å². The first-order valence-electron chi connectivity index (χ1n) is 8.77. The molecule has 0 spiro atoms. The molecule has 0 fully saturated rings. The largest absolute Gasteiger partial charge is 0.389 e. The molecule has 122 valence electrons. The van der Waals surface area contributed by atoms with E-state index in [4.69, 9.17) is 4.74 Å². The van der Waals surface area contributed by atoms with Crippen LogP contribution < -0.4 is 5.32 Å². The lowest BCUT2D eigenvalue weighted by molar-refractivity contribution is 0.0355. The van der Waals surface area contributed by atoms with Gasteiger partial charge in [0.2, 0.25) is 0 Å². The summed E-state index contributed by atoms with van der Waals surface area (Å²) in [6, 6.07) is 0. The fourth-order valence-corrected chi connectivity index (χ4v) is 2.21. The van der Waals surface area contributed by atoms with E-state index in [9.17, 15) is 5.11 Å². The van der Waals surface area contributed by atoms with Crippen LogP contribution in [0.4, 0.5) is 0 Å². The quantitative estimate of drug-likeness (QED) is 0.423. The van der Waals surface area contributed by atoms with Crippen LogP contribution in [0.1, 0.15) is 78.1 Å². The van der Waals surface area contributed by atoms with Crippen LogP contribution in [0.5, 0.6) is 0 Å². The average molecular weight is 287 g/mol. The normalized spacial score (nSPS) is 12.8. The summed E-state index contributed by atoms with van der Waals surface area (Å²) in [6.07, 6.45) is 12.4. The summed E-state index contributed by atoms with van der Waals surface area (Å²) < 4.78 is 5.47. The molecule has 1 atom stereocenters. The van der Waals surface area contributed by atoms with Crippen molar-refractivity contribution in [3.8, 4) is 0 Å². The second kappa shape index (κ2) is 16.9. The van der Waals surface area contributed by atoms with E-state index in [1.807, 2.05) is 0 Å². The second-order valence-electron chi connectivity index (χ2n) is 5.76. The molecule has 2 N–H and O–H groups in total. The molecule has 0 aliphatic heterocycles. The van der Waals surface area contributed by atoms with Crippen molar-refractivity contribution < 1.29 is 9.84 Å². The van der Waals surface area contributed by atoms with Gasteiger partial charge in [0.1, 0.15) is 0 Å². The van der Waals surface area contributed by atoms with E-state index in [1.54, 1.807) is 0 Å². The Bertz CT molecular complexity index is 176. The third-order valence-corrected chi connectivity index (χ3v) is 3.54. The van der Waals surface area contributed by atoms with Gasteiger partial charge in [0, 0.05) is 13.2 Å². The number of unbranched alkanes of at least 4 members (excludes halogenated alkanes) is 8. The molecule has 0 saturated heterocycles. The molecular formula is C17H37NO2. The van der Waals surface area contributed by atoms with E-state index in [2.05, 4.69) is 19.2 Å². The third-order valence-electron chi connectivity index (χ3n) is 3.54. The Kier molecular flexibility index (Phi) is 16.8. The van der Waals surface area contributed by atoms with Crippen molar-refractivity contribution in [3.63, 3.8) is 0 Å². The standard InChI is InChI=1S/C17H37NO2/c1-3-5-7-9-10-11-13-18-15-17(19)16-20-14-12-8-6-4-2/h17-19H,3-16H2,1-2H3. The van der Waals surface area contributed by atoms with Crippen molar-refractivity contribution >= 4 is 0 Å². The Balaban J connectivity index is 3.10. The lowest BCUT2D eigenvalue weighted by atomic mass is 10.1. The molecule has 0 aliphatic carbocycles. The maximum absolute atomic E-state index is 9.74. The molecule has 0 amide bonds. The van der Waals surface area contributed by atoms with E-state index in [-0.39, 0.29) is 6.10 Å². The van der Waals surface area contributed by atoms with Gasteiger partial charge >= 0.3 is 0 Å². The molecule has 3 nitrogen and oxygen atoms in total. The maximum atomic E-state index is 9.74. The van der Waals surface area contributed by atoms with Crippen LogP contribution in [-0.2, 0) is 4.74 Å². The van der Waals surface area contributed by atoms with Gasteiger partial charge in [0.15, 0.2) is 0 Å². The monoisotopic (exact) mass is 287 g/mol. The number of aliphatic hydroxyl groups excluding tert-OH is 1. The number of hydrogen-bond acceptors (Lipinski definition) is 3. The molecule has 0 aromatic carbocycles. The smallest absolute Gasteiger partial charge is 0.0897 e.